The van der Waals surface area contributed by atoms with Gasteiger partial charge in [0.15, 0.2) is 8.32 Å². The summed E-state index contributed by atoms with van der Waals surface area (Å²) in [5.74, 6) is 0.0760. The second kappa shape index (κ2) is 8.29. The summed E-state index contributed by atoms with van der Waals surface area (Å²) in [6.07, 6.45) is 3.44. The molecule has 0 radical (unpaired) electrons. The van der Waals surface area contributed by atoms with E-state index in [1.807, 2.05) is 13.1 Å². The molecule has 1 aromatic rings. The number of hydrogen-bond donors (Lipinski definition) is 1. The Balaban J connectivity index is 2.23. The molecule has 0 aromatic heterocycles. The lowest BCUT2D eigenvalue weighted by Gasteiger charge is -2.39. The summed E-state index contributed by atoms with van der Waals surface area (Å²) in [4.78, 5) is 15.1. The van der Waals surface area contributed by atoms with E-state index in [0.717, 1.165) is 36.2 Å². The molecule has 0 spiro atoms. The van der Waals surface area contributed by atoms with Gasteiger partial charge in [-0.25, -0.2) is 0 Å². The van der Waals surface area contributed by atoms with Gasteiger partial charge in [0.1, 0.15) is 6.04 Å². The number of allylic oxidation sites excluding steroid dienone is 1. The van der Waals surface area contributed by atoms with Crippen LogP contribution in [0.4, 0.5) is 5.69 Å². The van der Waals surface area contributed by atoms with E-state index in [0.29, 0.717) is 0 Å². The van der Waals surface area contributed by atoms with Crippen LogP contribution in [0.2, 0.25) is 18.1 Å². The van der Waals surface area contributed by atoms with Crippen molar-refractivity contribution in [2.24, 2.45) is 0 Å². The topological polar surface area (TPSA) is 41.6 Å². The van der Waals surface area contributed by atoms with Gasteiger partial charge >= 0.3 is 0 Å². The molecule has 1 heterocycles. The Hall–Kier alpha value is -1.43. The summed E-state index contributed by atoms with van der Waals surface area (Å²) < 4.78 is 6.60. The lowest BCUT2D eigenvalue weighted by atomic mass is 10.0. The zero-order valence-corrected chi connectivity index (χ0v) is 19.1. The number of rotatable bonds is 6. The first-order chi connectivity index (χ1) is 12.5. The Labute approximate surface area is 166 Å². The zero-order chi connectivity index (χ0) is 20.4. The molecular formula is C22H36N2O2Si. The maximum Gasteiger partial charge on any atom is 0.246 e. The number of likely N-dealkylation sites (N-methyl/N-ethyl adjacent to an activating group) is 1. The molecule has 1 aliphatic rings. The molecule has 1 N–H and O–H groups in total. The van der Waals surface area contributed by atoms with Crippen LogP contribution in [0.3, 0.4) is 0 Å². The zero-order valence-electron chi connectivity index (χ0n) is 18.1. The van der Waals surface area contributed by atoms with Crippen molar-refractivity contribution < 1.29 is 9.22 Å². The van der Waals surface area contributed by atoms with Crippen molar-refractivity contribution in [3.05, 3.63) is 42.0 Å². The van der Waals surface area contributed by atoms with Gasteiger partial charge in [0.25, 0.3) is 0 Å². The van der Waals surface area contributed by atoms with E-state index < -0.39 is 8.32 Å². The molecule has 0 unspecified atom stereocenters. The first-order valence-corrected chi connectivity index (χ1v) is 12.8. The highest BCUT2D eigenvalue weighted by Gasteiger charge is 2.44. The predicted molar refractivity (Wildman–Crippen MR) is 117 cm³/mol. The maximum absolute atomic E-state index is 13.3. The lowest BCUT2D eigenvalue weighted by molar-refractivity contribution is -0.121. The van der Waals surface area contributed by atoms with Crippen molar-refractivity contribution in [1.82, 2.24) is 5.32 Å². The normalized spacial score (nSPS) is 20.6. The minimum Gasteiger partial charge on any atom is -0.412 e. The van der Waals surface area contributed by atoms with E-state index in [2.05, 4.69) is 70.9 Å². The van der Waals surface area contributed by atoms with Crippen LogP contribution in [0.5, 0.6) is 0 Å². The Morgan fingerprint density at radius 3 is 2.67 bits per heavy atom. The van der Waals surface area contributed by atoms with Crippen LogP contribution in [-0.4, -0.2) is 40.0 Å². The molecule has 2 atom stereocenters. The molecule has 27 heavy (non-hydrogen) atoms. The van der Waals surface area contributed by atoms with E-state index in [9.17, 15) is 4.79 Å². The van der Waals surface area contributed by atoms with Crippen LogP contribution in [-0.2, 0) is 15.6 Å². The van der Waals surface area contributed by atoms with Crippen molar-refractivity contribution >= 4 is 19.9 Å². The predicted octanol–water partition coefficient (Wildman–Crippen LogP) is 4.44. The summed E-state index contributed by atoms with van der Waals surface area (Å²) in [7, 11) is -0.0600. The second-order valence-corrected chi connectivity index (χ2v) is 13.9. The van der Waals surface area contributed by atoms with E-state index in [-0.39, 0.29) is 23.1 Å². The molecule has 0 saturated carbocycles. The summed E-state index contributed by atoms with van der Waals surface area (Å²) in [6, 6.07) is 5.95. The largest absolute Gasteiger partial charge is 0.412 e. The molecule has 1 fully saturated rings. The SMILES string of the molecule is C=CCc1ccc(C)cc1N(C)C(=O)[C@H]1NCC[C@H]1O[Si](C)(C)C(C)(C)C. The monoisotopic (exact) mass is 388 g/mol. The number of anilines is 1. The van der Waals surface area contributed by atoms with Gasteiger partial charge in [0, 0.05) is 12.7 Å². The average molecular weight is 389 g/mol. The molecule has 4 nitrogen and oxygen atoms in total. The number of nitrogens with zero attached hydrogens (tertiary/aromatic N) is 1. The number of benzene rings is 1. The fourth-order valence-corrected chi connectivity index (χ4v) is 4.61. The van der Waals surface area contributed by atoms with Gasteiger partial charge in [-0.1, -0.05) is 39.0 Å². The highest BCUT2D eigenvalue weighted by molar-refractivity contribution is 6.74. The Morgan fingerprint density at radius 1 is 1.41 bits per heavy atom. The highest BCUT2D eigenvalue weighted by atomic mass is 28.4. The minimum atomic E-state index is -1.93. The van der Waals surface area contributed by atoms with Crippen molar-refractivity contribution in [2.45, 2.75) is 70.8 Å². The lowest BCUT2D eigenvalue weighted by Crippen LogP contribution is -2.52. The van der Waals surface area contributed by atoms with E-state index >= 15 is 0 Å². The first-order valence-electron chi connectivity index (χ1n) is 9.87. The summed E-state index contributed by atoms with van der Waals surface area (Å²) in [5, 5.41) is 3.51. The van der Waals surface area contributed by atoms with Crippen LogP contribution < -0.4 is 10.2 Å². The number of aryl methyl sites for hydroxylation is 1. The second-order valence-electron chi connectivity index (χ2n) is 9.16. The molecule has 0 aliphatic carbocycles. The minimum absolute atomic E-state index is 0.0616. The van der Waals surface area contributed by atoms with Crippen LogP contribution in [0.25, 0.3) is 0 Å². The Morgan fingerprint density at radius 2 is 2.07 bits per heavy atom. The summed E-state index contributed by atoms with van der Waals surface area (Å²) >= 11 is 0. The molecule has 1 aliphatic heterocycles. The third-order valence-corrected chi connectivity index (χ3v) is 10.5. The Bertz CT molecular complexity index is 694. The van der Waals surface area contributed by atoms with Gasteiger partial charge in [0.05, 0.1) is 6.10 Å². The van der Waals surface area contributed by atoms with Crippen molar-refractivity contribution in [3.8, 4) is 0 Å². The van der Waals surface area contributed by atoms with E-state index in [1.54, 1.807) is 4.90 Å². The number of nitrogens with one attached hydrogen (secondary N) is 1. The summed E-state index contributed by atoms with van der Waals surface area (Å²) in [6.45, 7) is 17.9. The third-order valence-electron chi connectivity index (χ3n) is 5.98. The van der Waals surface area contributed by atoms with Gasteiger partial charge in [-0.15, -0.1) is 6.58 Å². The van der Waals surface area contributed by atoms with Crippen molar-refractivity contribution in [1.29, 1.82) is 0 Å². The van der Waals surface area contributed by atoms with Crippen LogP contribution in [0, 0.1) is 6.92 Å². The van der Waals surface area contributed by atoms with Crippen LogP contribution in [0.15, 0.2) is 30.9 Å². The first kappa shape index (κ1) is 21.9. The summed E-state index contributed by atoms with van der Waals surface area (Å²) in [5.41, 5.74) is 3.22. The van der Waals surface area contributed by atoms with Crippen LogP contribution in [0.1, 0.15) is 38.3 Å². The Kier molecular flexibility index (Phi) is 6.71. The number of hydrogen-bond acceptors (Lipinski definition) is 3. The number of amides is 1. The molecule has 1 aromatic carbocycles. The molecule has 1 amide bonds. The van der Waals surface area contributed by atoms with Gasteiger partial charge < -0.3 is 14.6 Å². The highest BCUT2D eigenvalue weighted by Crippen LogP contribution is 2.38. The fraction of sp³-hybridized carbons (Fsp3) is 0.591. The van der Waals surface area contributed by atoms with Gasteiger partial charge in [-0.3, -0.25) is 4.79 Å². The van der Waals surface area contributed by atoms with Crippen molar-refractivity contribution in [3.63, 3.8) is 0 Å². The average Bonchev–Trinajstić information content (AvgIpc) is 3.01. The fourth-order valence-electron chi connectivity index (χ4n) is 3.25. The van der Waals surface area contributed by atoms with E-state index in [4.69, 9.17) is 4.43 Å². The van der Waals surface area contributed by atoms with Gasteiger partial charge in [-0.05, 0) is 61.6 Å². The smallest absolute Gasteiger partial charge is 0.246 e. The van der Waals surface area contributed by atoms with Gasteiger partial charge in [-0.2, -0.15) is 0 Å². The molecule has 0 bridgehead atoms. The molecule has 2 rings (SSSR count). The van der Waals surface area contributed by atoms with E-state index in [1.165, 1.54) is 0 Å². The standard InChI is InChI=1S/C22H36N2O2Si/c1-9-10-17-12-11-16(2)15-18(17)24(6)21(25)20-19(13-14-23-20)26-27(7,8)22(3,4)5/h9,11-12,15,19-20,23H,1,10,13-14H2,2-8H3/t19-,20+/m1/s1. The van der Waals surface area contributed by atoms with Crippen molar-refractivity contribution in [2.75, 3.05) is 18.5 Å². The maximum atomic E-state index is 13.3. The molecule has 150 valence electrons. The van der Waals surface area contributed by atoms with Gasteiger partial charge in [0.2, 0.25) is 5.91 Å². The van der Waals surface area contributed by atoms with Crippen LogP contribution >= 0.6 is 0 Å². The quantitative estimate of drug-likeness (QED) is 0.579. The number of carbonyl (C=O) groups excluding carboxylic acids is 1. The third kappa shape index (κ3) is 4.89. The molecular weight excluding hydrogens is 352 g/mol. The molecule has 1 saturated heterocycles. The number of carbonyl (C=O) groups is 1. The molecule has 5 heteroatoms.